The minimum absolute atomic E-state index is 0.0815. The molecular formula is C10H17NO4. The van der Waals surface area contributed by atoms with Crippen LogP contribution in [-0.4, -0.2) is 53.5 Å². The summed E-state index contributed by atoms with van der Waals surface area (Å²) >= 11 is 0. The summed E-state index contributed by atoms with van der Waals surface area (Å²) in [7, 11) is 0. The monoisotopic (exact) mass is 215 g/mol. The summed E-state index contributed by atoms with van der Waals surface area (Å²) in [5, 5.41) is 17.6. The highest BCUT2D eigenvalue weighted by Crippen LogP contribution is 2.12. The predicted molar refractivity (Wildman–Crippen MR) is 54.4 cm³/mol. The van der Waals surface area contributed by atoms with Gasteiger partial charge in [-0.25, -0.2) is 4.79 Å². The van der Waals surface area contributed by atoms with Crippen molar-refractivity contribution in [2.75, 3.05) is 26.4 Å². The van der Waals surface area contributed by atoms with Crippen molar-refractivity contribution in [2.24, 2.45) is 0 Å². The summed E-state index contributed by atoms with van der Waals surface area (Å²) in [6.07, 6.45) is 2.23. The van der Waals surface area contributed by atoms with Crippen LogP contribution in [0.4, 0.5) is 0 Å². The number of aliphatic carboxylic acids is 1. The van der Waals surface area contributed by atoms with E-state index in [1.807, 2.05) is 4.90 Å². The topological polar surface area (TPSA) is 70.0 Å². The third kappa shape index (κ3) is 3.53. The molecule has 0 aromatic rings. The fourth-order valence-corrected chi connectivity index (χ4v) is 1.54. The minimum atomic E-state index is -0.913. The molecule has 1 rings (SSSR count). The molecule has 0 saturated carbocycles. The largest absolute Gasteiger partial charge is 0.478 e. The first-order chi connectivity index (χ1) is 7.15. The predicted octanol–water partition coefficient (Wildman–Crippen LogP) is 0.0580. The second-order valence-electron chi connectivity index (χ2n) is 3.60. The second-order valence-corrected chi connectivity index (χ2v) is 3.60. The minimum Gasteiger partial charge on any atom is -0.478 e. The molecule has 0 aromatic heterocycles. The second kappa shape index (κ2) is 5.72. The van der Waals surface area contributed by atoms with Gasteiger partial charge in [-0.2, -0.15) is 0 Å². The van der Waals surface area contributed by atoms with Crippen LogP contribution in [0.2, 0.25) is 0 Å². The highest BCUT2D eigenvalue weighted by molar-refractivity contribution is 5.85. The van der Waals surface area contributed by atoms with E-state index >= 15 is 0 Å². The van der Waals surface area contributed by atoms with Crippen LogP contribution in [0.5, 0.6) is 0 Å². The van der Waals surface area contributed by atoms with Crippen LogP contribution in [0.1, 0.15) is 13.3 Å². The van der Waals surface area contributed by atoms with E-state index in [1.165, 1.54) is 0 Å². The van der Waals surface area contributed by atoms with E-state index in [1.54, 1.807) is 13.1 Å². The molecule has 1 saturated heterocycles. The van der Waals surface area contributed by atoms with E-state index in [9.17, 15) is 4.79 Å². The molecule has 0 radical (unpaired) electrons. The van der Waals surface area contributed by atoms with Crippen LogP contribution < -0.4 is 0 Å². The van der Waals surface area contributed by atoms with Crippen molar-refractivity contribution in [3.05, 3.63) is 11.8 Å². The van der Waals surface area contributed by atoms with Crippen molar-refractivity contribution in [2.45, 2.75) is 19.4 Å². The molecule has 86 valence electrons. The Morgan fingerprint density at radius 2 is 2.40 bits per heavy atom. The zero-order valence-corrected chi connectivity index (χ0v) is 8.85. The number of aliphatic hydroxyl groups is 1. The van der Waals surface area contributed by atoms with E-state index in [0.29, 0.717) is 31.8 Å². The van der Waals surface area contributed by atoms with Crippen molar-refractivity contribution in [3.63, 3.8) is 0 Å². The summed E-state index contributed by atoms with van der Waals surface area (Å²) in [5.74, 6) is -0.913. The molecule has 0 bridgehead atoms. The van der Waals surface area contributed by atoms with Gasteiger partial charge in [0.15, 0.2) is 0 Å². The third-order valence-electron chi connectivity index (χ3n) is 2.43. The number of aliphatic hydroxyl groups excluding tert-OH is 1. The molecule has 0 aromatic carbocycles. The summed E-state index contributed by atoms with van der Waals surface area (Å²) < 4.78 is 5.28. The Bertz CT molecular complexity index is 250. The number of carbonyl (C=O) groups is 1. The summed E-state index contributed by atoms with van der Waals surface area (Å²) in [6.45, 7) is 3.48. The van der Waals surface area contributed by atoms with Gasteiger partial charge in [-0.05, 0) is 13.3 Å². The number of carboxylic acids is 1. The lowest BCUT2D eigenvalue weighted by atomic mass is 10.1. The van der Waals surface area contributed by atoms with Crippen LogP contribution in [0, 0.1) is 0 Å². The van der Waals surface area contributed by atoms with E-state index in [4.69, 9.17) is 14.9 Å². The molecule has 1 aliphatic rings. The van der Waals surface area contributed by atoms with Crippen LogP contribution in [-0.2, 0) is 9.53 Å². The average Bonchev–Trinajstić information content (AvgIpc) is 2.21. The Labute approximate surface area is 89.0 Å². The van der Waals surface area contributed by atoms with Crippen LogP contribution in [0.3, 0.4) is 0 Å². The normalized spacial score (nSPS) is 22.9. The number of carboxylic acid groups (broad SMARTS) is 1. The van der Waals surface area contributed by atoms with Gasteiger partial charge in [-0.1, -0.05) is 0 Å². The lowest BCUT2D eigenvalue weighted by molar-refractivity contribution is -0.132. The number of morpholine rings is 1. The Balaban J connectivity index is 2.63. The van der Waals surface area contributed by atoms with Gasteiger partial charge in [0.25, 0.3) is 0 Å². The summed E-state index contributed by atoms with van der Waals surface area (Å²) in [4.78, 5) is 12.6. The van der Waals surface area contributed by atoms with Crippen molar-refractivity contribution < 1.29 is 19.7 Å². The summed E-state index contributed by atoms with van der Waals surface area (Å²) in [5.41, 5.74) is 0.305. The first-order valence-electron chi connectivity index (χ1n) is 5.01. The SMILES string of the molecule is CC(=CN1CCOCC1CCO)C(=O)O. The molecule has 0 amide bonds. The maximum atomic E-state index is 10.7. The van der Waals surface area contributed by atoms with Gasteiger partial charge < -0.3 is 19.8 Å². The molecule has 1 aliphatic heterocycles. The standard InChI is InChI=1S/C10H17NO4/c1-8(10(13)14)6-11-3-5-15-7-9(11)2-4-12/h6,9,12H,2-5,7H2,1H3,(H,13,14). The molecule has 1 unspecified atom stereocenters. The zero-order chi connectivity index (χ0) is 11.3. The lowest BCUT2D eigenvalue weighted by Crippen LogP contribution is -2.42. The van der Waals surface area contributed by atoms with Gasteiger partial charge in [0.05, 0.1) is 19.3 Å². The van der Waals surface area contributed by atoms with E-state index in [2.05, 4.69) is 0 Å². The molecule has 0 aliphatic carbocycles. The number of hydrogen-bond donors (Lipinski definition) is 2. The fourth-order valence-electron chi connectivity index (χ4n) is 1.54. The van der Waals surface area contributed by atoms with Crippen molar-refractivity contribution in [1.29, 1.82) is 0 Å². The molecule has 5 nitrogen and oxygen atoms in total. The van der Waals surface area contributed by atoms with Gasteiger partial charge in [0, 0.05) is 24.9 Å². The molecule has 1 heterocycles. The maximum absolute atomic E-state index is 10.7. The van der Waals surface area contributed by atoms with Crippen LogP contribution in [0.15, 0.2) is 11.8 Å². The number of rotatable bonds is 4. The first-order valence-corrected chi connectivity index (χ1v) is 5.01. The highest BCUT2D eigenvalue weighted by atomic mass is 16.5. The molecule has 2 N–H and O–H groups in total. The van der Waals surface area contributed by atoms with Crippen molar-refractivity contribution >= 4 is 5.97 Å². The highest BCUT2D eigenvalue weighted by Gasteiger charge is 2.20. The van der Waals surface area contributed by atoms with E-state index in [0.717, 1.165) is 0 Å². The smallest absolute Gasteiger partial charge is 0.332 e. The number of nitrogens with zero attached hydrogens (tertiary/aromatic N) is 1. The van der Waals surface area contributed by atoms with E-state index < -0.39 is 5.97 Å². The number of ether oxygens (including phenoxy) is 1. The fraction of sp³-hybridized carbons (Fsp3) is 0.700. The third-order valence-corrected chi connectivity index (χ3v) is 2.43. The zero-order valence-electron chi connectivity index (χ0n) is 8.85. The van der Waals surface area contributed by atoms with Crippen LogP contribution in [0.25, 0.3) is 0 Å². The maximum Gasteiger partial charge on any atom is 0.332 e. The van der Waals surface area contributed by atoms with E-state index in [-0.39, 0.29) is 12.6 Å². The Morgan fingerprint density at radius 1 is 1.67 bits per heavy atom. The van der Waals surface area contributed by atoms with Gasteiger partial charge >= 0.3 is 5.97 Å². The van der Waals surface area contributed by atoms with Crippen molar-refractivity contribution in [3.8, 4) is 0 Å². The molecule has 15 heavy (non-hydrogen) atoms. The first kappa shape index (κ1) is 12.0. The Hall–Kier alpha value is -1.07. The van der Waals surface area contributed by atoms with Crippen molar-refractivity contribution in [1.82, 2.24) is 4.90 Å². The Morgan fingerprint density at radius 3 is 3.00 bits per heavy atom. The Kier molecular flexibility index (Phi) is 4.58. The van der Waals surface area contributed by atoms with Crippen LogP contribution >= 0.6 is 0 Å². The number of hydrogen-bond acceptors (Lipinski definition) is 4. The molecular weight excluding hydrogens is 198 g/mol. The summed E-state index contributed by atoms with van der Waals surface area (Å²) in [6, 6.07) is 0.0815. The van der Waals surface area contributed by atoms with Gasteiger partial charge in [-0.15, -0.1) is 0 Å². The molecule has 0 spiro atoms. The lowest BCUT2D eigenvalue weighted by Gasteiger charge is -2.34. The molecule has 1 atom stereocenters. The quantitative estimate of drug-likeness (QED) is 0.649. The molecule has 5 heteroatoms. The molecule has 1 fully saturated rings. The van der Waals surface area contributed by atoms with Gasteiger partial charge in [-0.3, -0.25) is 0 Å². The average molecular weight is 215 g/mol. The van der Waals surface area contributed by atoms with Gasteiger partial charge in [0.1, 0.15) is 0 Å². The van der Waals surface area contributed by atoms with Gasteiger partial charge in [0.2, 0.25) is 0 Å².